The zero-order valence-electron chi connectivity index (χ0n) is 17.8. The Morgan fingerprint density at radius 2 is 1.73 bits per heavy atom. The molecule has 4 nitrogen and oxygen atoms in total. The Morgan fingerprint density at radius 1 is 0.933 bits per heavy atom. The number of pyridine rings is 1. The maximum Gasteiger partial charge on any atom is 0.338 e. The monoisotopic (exact) mass is 405 g/mol. The largest absolute Gasteiger partial charge is 0.469 e. The molecule has 0 aliphatic heterocycles. The summed E-state index contributed by atoms with van der Waals surface area (Å²) in [6, 6.07) is 15.3. The molecule has 0 aliphatic rings. The van der Waals surface area contributed by atoms with Gasteiger partial charge in [0, 0.05) is 18.2 Å². The lowest BCUT2D eigenvalue weighted by Crippen LogP contribution is -2.07. The van der Waals surface area contributed by atoms with Crippen LogP contribution < -0.4 is 0 Å². The highest BCUT2D eigenvalue weighted by Gasteiger charge is 2.08. The molecule has 0 amide bonds. The summed E-state index contributed by atoms with van der Waals surface area (Å²) in [4.78, 5) is 16.8. The fourth-order valence-corrected chi connectivity index (χ4v) is 3.41. The zero-order chi connectivity index (χ0) is 21.0. The Hall–Kier alpha value is -2.88. The molecule has 4 heteroatoms. The molecule has 0 radical (unpaired) electrons. The Balaban J connectivity index is 1.45. The Kier molecular flexibility index (Phi) is 8.70. The van der Waals surface area contributed by atoms with Gasteiger partial charge in [-0.25, -0.2) is 4.79 Å². The van der Waals surface area contributed by atoms with Crippen molar-refractivity contribution in [1.82, 2.24) is 4.98 Å². The third-order valence-corrected chi connectivity index (χ3v) is 5.22. The first kappa shape index (κ1) is 21.8. The average molecular weight is 406 g/mol. The summed E-state index contributed by atoms with van der Waals surface area (Å²) in [6.45, 7) is 2.55. The third-order valence-electron chi connectivity index (χ3n) is 5.22. The van der Waals surface area contributed by atoms with Crippen LogP contribution in [0.5, 0.6) is 0 Å². The van der Waals surface area contributed by atoms with Crippen molar-refractivity contribution < 1.29 is 13.9 Å². The first-order chi connectivity index (χ1) is 14.8. The molecule has 0 saturated carbocycles. The Morgan fingerprint density at radius 3 is 2.43 bits per heavy atom. The van der Waals surface area contributed by atoms with E-state index in [0.29, 0.717) is 18.6 Å². The summed E-state index contributed by atoms with van der Waals surface area (Å²) in [5.74, 6) is 0.486. The SMILES string of the molecule is CCCCCCCCc1ccc(-c2ccc(C(=O)OCCc3ccco3)cc2)nc1. The maximum absolute atomic E-state index is 12.2. The van der Waals surface area contributed by atoms with E-state index in [0.717, 1.165) is 23.4 Å². The van der Waals surface area contributed by atoms with Crippen LogP contribution in [-0.2, 0) is 17.6 Å². The zero-order valence-corrected chi connectivity index (χ0v) is 17.8. The predicted molar refractivity (Wildman–Crippen MR) is 119 cm³/mol. The minimum absolute atomic E-state index is 0.301. The second-order valence-corrected chi connectivity index (χ2v) is 7.61. The lowest BCUT2D eigenvalue weighted by Gasteiger charge is -2.06. The summed E-state index contributed by atoms with van der Waals surface area (Å²) in [6.07, 6.45) is 13.1. The molecular weight excluding hydrogens is 374 g/mol. The van der Waals surface area contributed by atoms with Gasteiger partial charge in [-0.15, -0.1) is 0 Å². The third kappa shape index (κ3) is 6.87. The fourth-order valence-electron chi connectivity index (χ4n) is 3.41. The number of esters is 1. The number of carbonyl (C=O) groups excluding carboxylic acids is 1. The van der Waals surface area contributed by atoms with Gasteiger partial charge in [-0.2, -0.15) is 0 Å². The van der Waals surface area contributed by atoms with E-state index in [-0.39, 0.29) is 5.97 Å². The van der Waals surface area contributed by atoms with Gasteiger partial charge in [0.1, 0.15) is 5.76 Å². The summed E-state index contributed by atoms with van der Waals surface area (Å²) in [7, 11) is 0. The van der Waals surface area contributed by atoms with Crippen LogP contribution in [0.1, 0.15) is 67.1 Å². The molecular formula is C26H31NO3. The molecule has 0 atom stereocenters. The van der Waals surface area contributed by atoms with E-state index in [2.05, 4.69) is 24.0 Å². The summed E-state index contributed by atoms with van der Waals surface area (Å²) < 4.78 is 10.6. The molecule has 0 unspecified atom stereocenters. The number of aromatic nitrogens is 1. The Labute approximate surface area is 179 Å². The maximum atomic E-state index is 12.2. The standard InChI is InChI=1S/C26H31NO3/c1-2-3-4-5-6-7-9-21-11-16-25(27-20-21)22-12-14-23(15-13-22)26(28)30-19-17-24-10-8-18-29-24/h8,10-16,18,20H,2-7,9,17,19H2,1H3. The van der Waals surface area contributed by atoms with Crippen molar-refractivity contribution >= 4 is 5.97 Å². The smallest absolute Gasteiger partial charge is 0.338 e. The molecule has 2 heterocycles. The van der Waals surface area contributed by atoms with Crippen molar-refractivity contribution in [2.24, 2.45) is 0 Å². The minimum Gasteiger partial charge on any atom is -0.469 e. The molecule has 1 aromatic carbocycles. The van der Waals surface area contributed by atoms with E-state index >= 15 is 0 Å². The quantitative estimate of drug-likeness (QED) is 0.250. The number of nitrogens with zero attached hydrogens (tertiary/aromatic N) is 1. The molecule has 3 rings (SSSR count). The van der Waals surface area contributed by atoms with Crippen LogP contribution in [0, 0.1) is 0 Å². The van der Waals surface area contributed by atoms with Crippen molar-refractivity contribution in [2.75, 3.05) is 6.61 Å². The van der Waals surface area contributed by atoms with E-state index in [1.807, 2.05) is 30.5 Å². The van der Waals surface area contributed by atoms with Gasteiger partial charge < -0.3 is 9.15 Å². The highest BCUT2D eigenvalue weighted by molar-refractivity contribution is 5.90. The second-order valence-electron chi connectivity index (χ2n) is 7.61. The summed E-state index contributed by atoms with van der Waals surface area (Å²) >= 11 is 0. The number of ether oxygens (including phenoxy) is 1. The number of benzene rings is 1. The number of carbonyl (C=O) groups is 1. The van der Waals surface area contributed by atoms with Gasteiger partial charge in [-0.05, 0) is 48.7 Å². The predicted octanol–water partition coefficient (Wildman–Crippen LogP) is 6.64. The molecule has 0 bridgehead atoms. The molecule has 0 N–H and O–H groups in total. The van der Waals surface area contributed by atoms with Crippen molar-refractivity contribution in [2.45, 2.75) is 58.3 Å². The van der Waals surface area contributed by atoms with E-state index in [4.69, 9.17) is 9.15 Å². The van der Waals surface area contributed by atoms with Gasteiger partial charge >= 0.3 is 5.97 Å². The molecule has 0 spiro atoms. The van der Waals surface area contributed by atoms with E-state index in [9.17, 15) is 4.79 Å². The minimum atomic E-state index is -0.324. The van der Waals surface area contributed by atoms with Crippen LogP contribution >= 0.6 is 0 Å². The van der Waals surface area contributed by atoms with Crippen LogP contribution in [0.3, 0.4) is 0 Å². The average Bonchev–Trinajstić information content (AvgIpc) is 3.30. The highest BCUT2D eigenvalue weighted by atomic mass is 16.5. The number of hydrogen-bond donors (Lipinski definition) is 0. The van der Waals surface area contributed by atoms with Crippen molar-refractivity contribution in [3.05, 3.63) is 77.9 Å². The number of aryl methyl sites for hydroxylation is 1. The first-order valence-corrected chi connectivity index (χ1v) is 11.0. The molecule has 30 heavy (non-hydrogen) atoms. The lowest BCUT2D eigenvalue weighted by atomic mass is 10.0. The molecule has 158 valence electrons. The number of unbranched alkanes of at least 4 members (excludes halogenated alkanes) is 5. The van der Waals surface area contributed by atoms with Gasteiger partial charge in [0.15, 0.2) is 0 Å². The van der Waals surface area contributed by atoms with Crippen LogP contribution in [0.2, 0.25) is 0 Å². The molecule has 0 aliphatic carbocycles. The molecule has 0 saturated heterocycles. The fraction of sp³-hybridized carbons (Fsp3) is 0.385. The second kappa shape index (κ2) is 12.0. The van der Waals surface area contributed by atoms with E-state index in [1.165, 1.54) is 44.1 Å². The number of furan rings is 1. The van der Waals surface area contributed by atoms with E-state index < -0.39 is 0 Å². The van der Waals surface area contributed by atoms with Gasteiger partial charge in [0.05, 0.1) is 24.1 Å². The molecule has 0 fully saturated rings. The van der Waals surface area contributed by atoms with Crippen LogP contribution in [0.4, 0.5) is 0 Å². The number of rotatable bonds is 12. The highest BCUT2D eigenvalue weighted by Crippen LogP contribution is 2.19. The van der Waals surface area contributed by atoms with E-state index in [1.54, 1.807) is 18.4 Å². The summed E-state index contributed by atoms with van der Waals surface area (Å²) in [5, 5.41) is 0. The first-order valence-electron chi connectivity index (χ1n) is 11.0. The lowest BCUT2D eigenvalue weighted by molar-refractivity contribution is 0.0505. The summed E-state index contributed by atoms with van der Waals surface area (Å²) in [5.41, 5.74) is 3.73. The van der Waals surface area contributed by atoms with Gasteiger partial charge in [0.2, 0.25) is 0 Å². The number of hydrogen-bond acceptors (Lipinski definition) is 4. The van der Waals surface area contributed by atoms with Crippen LogP contribution in [0.25, 0.3) is 11.3 Å². The van der Waals surface area contributed by atoms with Gasteiger partial charge in [0.25, 0.3) is 0 Å². The van der Waals surface area contributed by atoms with Crippen molar-refractivity contribution in [3.63, 3.8) is 0 Å². The van der Waals surface area contributed by atoms with Crippen LogP contribution in [0.15, 0.2) is 65.4 Å². The van der Waals surface area contributed by atoms with Crippen molar-refractivity contribution in [3.8, 4) is 11.3 Å². The Bertz CT molecular complexity index is 868. The van der Waals surface area contributed by atoms with Gasteiger partial charge in [-0.3, -0.25) is 4.98 Å². The molecule has 2 aromatic heterocycles. The molecule has 3 aromatic rings. The van der Waals surface area contributed by atoms with Crippen LogP contribution in [-0.4, -0.2) is 17.6 Å². The van der Waals surface area contributed by atoms with Crippen molar-refractivity contribution in [1.29, 1.82) is 0 Å². The normalized spacial score (nSPS) is 10.8. The topological polar surface area (TPSA) is 52.3 Å². The van der Waals surface area contributed by atoms with Gasteiger partial charge in [-0.1, -0.05) is 57.2 Å².